The van der Waals surface area contributed by atoms with Crippen LogP contribution >= 0.6 is 11.3 Å². The first kappa shape index (κ1) is 16.0. The second kappa shape index (κ2) is 9.78. The molecule has 108 valence electrons. The number of rotatable bonds is 8. The summed E-state index contributed by atoms with van der Waals surface area (Å²) in [6.07, 6.45) is 6.04. The van der Waals surface area contributed by atoms with Crippen LogP contribution in [0, 0.1) is 6.92 Å². The first-order chi connectivity index (χ1) is 9.26. The Morgan fingerprint density at radius 2 is 2.05 bits per heavy atom. The molecule has 19 heavy (non-hydrogen) atoms. The van der Waals surface area contributed by atoms with E-state index >= 15 is 0 Å². The number of thiazole rings is 1. The maximum Gasteiger partial charge on any atom is 0.190 e. The minimum absolute atomic E-state index is 0.873. The Morgan fingerprint density at radius 3 is 2.68 bits per heavy atom. The highest BCUT2D eigenvalue weighted by atomic mass is 32.1. The van der Waals surface area contributed by atoms with Gasteiger partial charge in [0, 0.05) is 31.9 Å². The SMILES string of the molecule is CCCCCCNC(=NC)NCCc1csc(C)n1. The smallest absolute Gasteiger partial charge is 0.190 e. The minimum Gasteiger partial charge on any atom is -0.356 e. The molecule has 2 N–H and O–H groups in total. The van der Waals surface area contributed by atoms with Crippen molar-refractivity contribution in [2.45, 2.75) is 46.0 Å². The average molecular weight is 282 g/mol. The Kier molecular flexibility index (Phi) is 8.21. The predicted octanol–water partition coefficient (Wildman–Crippen LogP) is 2.74. The summed E-state index contributed by atoms with van der Waals surface area (Å²) in [6.45, 7) is 6.14. The normalized spacial score (nSPS) is 11.6. The van der Waals surface area contributed by atoms with Gasteiger partial charge in [0.25, 0.3) is 0 Å². The number of aliphatic imine (C=N–C) groups is 1. The van der Waals surface area contributed by atoms with Gasteiger partial charge in [-0.1, -0.05) is 26.2 Å². The molecule has 0 atom stereocenters. The van der Waals surface area contributed by atoms with E-state index in [1.165, 1.54) is 25.7 Å². The van der Waals surface area contributed by atoms with Crippen LogP contribution in [0.15, 0.2) is 10.4 Å². The van der Waals surface area contributed by atoms with Gasteiger partial charge in [0.1, 0.15) is 0 Å². The van der Waals surface area contributed by atoms with Crippen LogP contribution in [0.3, 0.4) is 0 Å². The quantitative estimate of drug-likeness (QED) is 0.438. The molecule has 1 heterocycles. The monoisotopic (exact) mass is 282 g/mol. The lowest BCUT2D eigenvalue weighted by Crippen LogP contribution is -2.38. The van der Waals surface area contributed by atoms with E-state index in [2.05, 4.69) is 32.9 Å². The largest absolute Gasteiger partial charge is 0.356 e. The lowest BCUT2D eigenvalue weighted by molar-refractivity contribution is 0.646. The van der Waals surface area contributed by atoms with E-state index in [1.807, 2.05) is 14.0 Å². The first-order valence-electron chi connectivity index (χ1n) is 7.11. The highest BCUT2D eigenvalue weighted by Gasteiger charge is 2.00. The summed E-state index contributed by atoms with van der Waals surface area (Å²) in [7, 11) is 1.81. The molecule has 5 heteroatoms. The molecule has 0 unspecified atom stereocenters. The molecule has 1 rings (SSSR count). The summed E-state index contributed by atoms with van der Waals surface area (Å²) in [6, 6.07) is 0. The van der Waals surface area contributed by atoms with E-state index in [9.17, 15) is 0 Å². The molecule has 0 bridgehead atoms. The van der Waals surface area contributed by atoms with E-state index < -0.39 is 0 Å². The molecule has 4 nitrogen and oxygen atoms in total. The molecule has 0 saturated heterocycles. The maximum atomic E-state index is 4.45. The van der Waals surface area contributed by atoms with Crippen molar-refractivity contribution >= 4 is 17.3 Å². The van der Waals surface area contributed by atoms with Gasteiger partial charge in [-0.3, -0.25) is 4.99 Å². The number of unbranched alkanes of at least 4 members (excludes halogenated alkanes) is 3. The van der Waals surface area contributed by atoms with Crippen LogP contribution in [0.25, 0.3) is 0 Å². The molecule has 0 spiro atoms. The summed E-state index contributed by atoms with van der Waals surface area (Å²) in [5.74, 6) is 0.892. The van der Waals surface area contributed by atoms with Gasteiger partial charge in [-0.15, -0.1) is 11.3 Å². The van der Waals surface area contributed by atoms with Gasteiger partial charge in [0.15, 0.2) is 5.96 Å². The van der Waals surface area contributed by atoms with Crippen LogP contribution < -0.4 is 10.6 Å². The molecule has 0 fully saturated rings. The van der Waals surface area contributed by atoms with Crippen LogP contribution in [-0.2, 0) is 6.42 Å². The topological polar surface area (TPSA) is 49.3 Å². The Balaban J connectivity index is 2.11. The Morgan fingerprint density at radius 1 is 1.26 bits per heavy atom. The van der Waals surface area contributed by atoms with Crippen molar-refractivity contribution in [3.8, 4) is 0 Å². The Bertz CT molecular complexity index is 373. The predicted molar refractivity (Wildman–Crippen MR) is 84.1 cm³/mol. The zero-order valence-corrected chi connectivity index (χ0v) is 13.1. The van der Waals surface area contributed by atoms with Crippen molar-refractivity contribution < 1.29 is 0 Å². The van der Waals surface area contributed by atoms with E-state index in [1.54, 1.807) is 11.3 Å². The fraction of sp³-hybridized carbons (Fsp3) is 0.714. The van der Waals surface area contributed by atoms with Crippen molar-refractivity contribution in [2.75, 3.05) is 20.1 Å². The van der Waals surface area contributed by atoms with Crippen molar-refractivity contribution in [3.05, 3.63) is 16.1 Å². The van der Waals surface area contributed by atoms with Crippen LogP contribution in [0.5, 0.6) is 0 Å². The third-order valence-electron chi connectivity index (χ3n) is 2.89. The third kappa shape index (κ3) is 7.15. The lowest BCUT2D eigenvalue weighted by Gasteiger charge is -2.11. The van der Waals surface area contributed by atoms with Crippen molar-refractivity contribution in [2.24, 2.45) is 4.99 Å². The molecule has 0 aromatic carbocycles. The van der Waals surface area contributed by atoms with Gasteiger partial charge in [0.05, 0.1) is 10.7 Å². The van der Waals surface area contributed by atoms with Gasteiger partial charge in [0.2, 0.25) is 0 Å². The molecule has 0 aliphatic rings. The van der Waals surface area contributed by atoms with E-state index in [4.69, 9.17) is 0 Å². The van der Waals surface area contributed by atoms with Crippen molar-refractivity contribution in [1.82, 2.24) is 15.6 Å². The van der Waals surface area contributed by atoms with Crippen molar-refractivity contribution in [1.29, 1.82) is 0 Å². The minimum atomic E-state index is 0.873. The van der Waals surface area contributed by atoms with Crippen LogP contribution in [0.1, 0.15) is 43.3 Å². The molecule has 0 saturated carbocycles. The first-order valence-corrected chi connectivity index (χ1v) is 7.99. The summed E-state index contributed by atoms with van der Waals surface area (Å²) in [4.78, 5) is 8.67. The number of nitrogens with one attached hydrogen (secondary N) is 2. The van der Waals surface area contributed by atoms with Gasteiger partial charge in [-0.25, -0.2) is 4.98 Å². The van der Waals surface area contributed by atoms with Crippen LogP contribution in [-0.4, -0.2) is 31.1 Å². The lowest BCUT2D eigenvalue weighted by atomic mass is 10.2. The molecule has 1 aromatic heterocycles. The summed E-state index contributed by atoms with van der Waals surface area (Å²) < 4.78 is 0. The molecule has 0 aliphatic heterocycles. The number of nitrogens with zero attached hydrogens (tertiary/aromatic N) is 2. The van der Waals surface area contributed by atoms with Gasteiger partial charge in [-0.2, -0.15) is 0 Å². The zero-order chi connectivity index (χ0) is 13.9. The second-order valence-electron chi connectivity index (χ2n) is 4.59. The van der Waals surface area contributed by atoms with Gasteiger partial charge >= 0.3 is 0 Å². The summed E-state index contributed by atoms with van der Waals surface area (Å²) in [5, 5.41) is 9.92. The third-order valence-corrected chi connectivity index (χ3v) is 3.71. The Labute approximate surface area is 120 Å². The average Bonchev–Trinajstić information content (AvgIpc) is 2.82. The molecular formula is C14H26N4S. The number of hydrogen-bond donors (Lipinski definition) is 2. The van der Waals surface area contributed by atoms with E-state index in [0.717, 1.165) is 36.2 Å². The zero-order valence-electron chi connectivity index (χ0n) is 12.3. The number of aryl methyl sites for hydroxylation is 1. The van der Waals surface area contributed by atoms with Gasteiger partial charge < -0.3 is 10.6 Å². The fourth-order valence-corrected chi connectivity index (χ4v) is 2.46. The number of aromatic nitrogens is 1. The second-order valence-corrected chi connectivity index (χ2v) is 5.66. The van der Waals surface area contributed by atoms with E-state index in [0.29, 0.717) is 0 Å². The number of guanidine groups is 1. The number of hydrogen-bond acceptors (Lipinski definition) is 3. The molecule has 0 aliphatic carbocycles. The highest BCUT2D eigenvalue weighted by Crippen LogP contribution is 2.07. The highest BCUT2D eigenvalue weighted by molar-refractivity contribution is 7.09. The molecule has 0 amide bonds. The summed E-state index contributed by atoms with van der Waals surface area (Å²) in [5.41, 5.74) is 1.16. The van der Waals surface area contributed by atoms with Crippen LogP contribution in [0.2, 0.25) is 0 Å². The Hall–Kier alpha value is -1.10. The molecule has 1 aromatic rings. The molecular weight excluding hydrogens is 256 g/mol. The van der Waals surface area contributed by atoms with E-state index in [-0.39, 0.29) is 0 Å². The fourth-order valence-electron chi connectivity index (χ4n) is 1.81. The standard InChI is InChI=1S/C14H26N4S/c1-4-5-6-7-9-16-14(15-3)17-10-8-13-11-19-12(2)18-13/h11H,4-10H2,1-3H3,(H2,15,16,17). The summed E-state index contributed by atoms with van der Waals surface area (Å²) >= 11 is 1.71. The van der Waals surface area contributed by atoms with Crippen molar-refractivity contribution in [3.63, 3.8) is 0 Å². The van der Waals surface area contributed by atoms with Gasteiger partial charge in [-0.05, 0) is 13.3 Å². The molecule has 0 radical (unpaired) electrons. The van der Waals surface area contributed by atoms with Crippen LogP contribution in [0.4, 0.5) is 0 Å². The maximum absolute atomic E-state index is 4.45.